The maximum Gasteiger partial charge on any atom is 0.318 e. The van der Waals surface area contributed by atoms with E-state index < -0.39 is 5.54 Å². The van der Waals surface area contributed by atoms with Crippen LogP contribution in [0.5, 0.6) is 0 Å². The van der Waals surface area contributed by atoms with Gasteiger partial charge in [0.25, 0.3) is 0 Å². The second kappa shape index (κ2) is 8.64. The standard InChI is InChI=1S/C23H28FN3O2/c1-16-9-5-7-11-19(16)21-13-18(29-26-21)15-27(22(28)25-23(2,3)4)14-17-10-6-8-12-20(17)24/h5-12,18H,13-15H2,1-4H3,(H,25,28). The van der Waals surface area contributed by atoms with Gasteiger partial charge in [0.1, 0.15) is 5.82 Å². The fraction of sp³-hybridized carbons (Fsp3) is 0.391. The number of urea groups is 1. The number of nitrogens with zero attached hydrogens (tertiary/aromatic N) is 2. The first-order valence-electron chi connectivity index (χ1n) is 9.82. The van der Waals surface area contributed by atoms with Crippen LogP contribution in [-0.4, -0.2) is 34.8 Å². The van der Waals surface area contributed by atoms with Crippen molar-refractivity contribution in [2.24, 2.45) is 5.16 Å². The quantitative estimate of drug-likeness (QED) is 0.799. The Morgan fingerprint density at radius 3 is 2.59 bits per heavy atom. The number of rotatable bonds is 5. The van der Waals surface area contributed by atoms with Crippen molar-refractivity contribution >= 4 is 11.7 Å². The first kappa shape index (κ1) is 20.8. The van der Waals surface area contributed by atoms with Gasteiger partial charge in [0.05, 0.1) is 18.8 Å². The summed E-state index contributed by atoms with van der Waals surface area (Å²) in [5.74, 6) is -0.328. The number of carbonyl (C=O) groups is 1. The van der Waals surface area contributed by atoms with Gasteiger partial charge in [-0.1, -0.05) is 47.6 Å². The maximum atomic E-state index is 14.2. The van der Waals surface area contributed by atoms with Gasteiger partial charge in [-0.25, -0.2) is 9.18 Å². The number of carbonyl (C=O) groups excluding carboxylic acids is 1. The molecular weight excluding hydrogens is 369 g/mol. The van der Waals surface area contributed by atoms with E-state index in [1.165, 1.54) is 6.07 Å². The van der Waals surface area contributed by atoms with Gasteiger partial charge in [-0.2, -0.15) is 0 Å². The molecule has 6 heteroatoms. The van der Waals surface area contributed by atoms with E-state index in [4.69, 9.17) is 4.84 Å². The third-order valence-corrected chi connectivity index (χ3v) is 4.70. The molecule has 2 aromatic rings. The van der Waals surface area contributed by atoms with Gasteiger partial charge in [-0.05, 0) is 39.3 Å². The van der Waals surface area contributed by atoms with Gasteiger partial charge in [0, 0.05) is 23.1 Å². The normalized spacial score (nSPS) is 16.2. The summed E-state index contributed by atoms with van der Waals surface area (Å²) in [4.78, 5) is 20.1. The van der Waals surface area contributed by atoms with Crippen LogP contribution in [0, 0.1) is 12.7 Å². The molecule has 29 heavy (non-hydrogen) atoms. The highest BCUT2D eigenvalue weighted by Gasteiger charge is 2.29. The average molecular weight is 397 g/mol. The number of hydrogen-bond acceptors (Lipinski definition) is 3. The molecule has 0 fully saturated rings. The lowest BCUT2D eigenvalue weighted by Gasteiger charge is -2.29. The van der Waals surface area contributed by atoms with E-state index in [1.54, 1.807) is 23.1 Å². The Hall–Kier alpha value is -2.89. The Balaban J connectivity index is 1.73. The van der Waals surface area contributed by atoms with Crippen molar-refractivity contribution in [3.63, 3.8) is 0 Å². The number of aryl methyl sites for hydroxylation is 1. The second-order valence-electron chi connectivity index (χ2n) is 8.44. The Bertz CT molecular complexity index is 905. The molecule has 1 N–H and O–H groups in total. The zero-order valence-electron chi connectivity index (χ0n) is 17.4. The summed E-state index contributed by atoms with van der Waals surface area (Å²) in [6, 6.07) is 14.3. The molecule has 0 aliphatic carbocycles. The van der Waals surface area contributed by atoms with E-state index in [-0.39, 0.29) is 24.5 Å². The van der Waals surface area contributed by atoms with Gasteiger partial charge < -0.3 is 15.1 Å². The SMILES string of the molecule is Cc1ccccc1C1=NOC(CN(Cc2ccccc2F)C(=O)NC(C)(C)C)C1. The summed E-state index contributed by atoms with van der Waals surface area (Å²) in [6.07, 6.45) is 0.323. The van der Waals surface area contributed by atoms with Crippen molar-refractivity contribution in [3.05, 3.63) is 71.0 Å². The van der Waals surface area contributed by atoms with Crippen LogP contribution in [0.4, 0.5) is 9.18 Å². The third kappa shape index (κ3) is 5.56. The van der Waals surface area contributed by atoms with E-state index in [0.29, 0.717) is 18.5 Å². The Morgan fingerprint density at radius 1 is 1.21 bits per heavy atom. The maximum absolute atomic E-state index is 14.2. The molecule has 1 heterocycles. The molecule has 2 amide bonds. The lowest BCUT2D eigenvalue weighted by Crippen LogP contribution is -2.50. The van der Waals surface area contributed by atoms with Gasteiger partial charge >= 0.3 is 6.03 Å². The fourth-order valence-corrected chi connectivity index (χ4v) is 3.28. The highest BCUT2D eigenvalue weighted by Crippen LogP contribution is 2.21. The molecular formula is C23H28FN3O2. The Kier molecular flexibility index (Phi) is 6.20. The summed E-state index contributed by atoms with van der Waals surface area (Å²) in [6.45, 7) is 8.25. The van der Waals surface area contributed by atoms with Gasteiger partial charge in [-0.15, -0.1) is 0 Å². The van der Waals surface area contributed by atoms with Crippen LogP contribution in [0.3, 0.4) is 0 Å². The van der Waals surface area contributed by atoms with Crippen LogP contribution in [0.15, 0.2) is 53.7 Å². The molecule has 154 valence electrons. The second-order valence-corrected chi connectivity index (χ2v) is 8.44. The lowest BCUT2D eigenvalue weighted by atomic mass is 10.0. The molecule has 1 atom stereocenters. The molecule has 0 saturated heterocycles. The molecule has 1 unspecified atom stereocenters. The monoisotopic (exact) mass is 397 g/mol. The van der Waals surface area contributed by atoms with Crippen molar-refractivity contribution in [2.45, 2.75) is 52.3 Å². The van der Waals surface area contributed by atoms with Crippen LogP contribution < -0.4 is 5.32 Å². The van der Waals surface area contributed by atoms with Crippen LogP contribution in [-0.2, 0) is 11.4 Å². The molecule has 3 rings (SSSR count). The summed E-state index contributed by atoms with van der Waals surface area (Å²) in [7, 11) is 0. The van der Waals surface area contributed by atoms with Crippen molar-refractivity contribution in [1.82, 2.24) is 10.2 Å². The van der Waals surface area contributed by atoms with Crippen LogP contribution >= 0.6 is 0 Å². The van der Waals surface area contributed by atoms with E-state index in [9.17, 15) is 9.18 Å². The number of hydrogen-bond donors (Lipinski definition) is 1. The Morgan fingerprint density at radius 2 is 1.90 bits per heavy atom. The van der Waals surface area contributed by atoms with E-state index >= 15 is 0 Å². The predicted octanol–water partition coefficient (Wildman–Crippen LogP) is 4.64. The molecule has 0 radical (unpaired) electrons. The highest BCUT2D eigenvalue weighted by molar-refractivity contribution is 6.02. The molecule has 0 bridgehead atoms. The number of halogens is 1. The Labute approximate surface area is 171 Å². The van der Waals surface area contributed by atoms with E-state index in [0.717, 1.165) is 16.8 Å². The summed E-state index contributed by atoms with van der Waals surface area (Å²) in [5.41, 5.74) is 3.12. The van der Waals surface area contributed by atoms with E-state index in [2.05, 4.69) is 10.5 Å². The van der Waals surface area contributed by atoms with Crippen LogP contribution in [0.1, 0.15) is 43.9 Å². The predicted molar refractivity (Wildman–Crippen MR) is 112 cm³/mol. The van der Waals surface area contributed by atoms with Gasteiger partial charge in [0.2, 0.25) is 0 Å². The molecule has 1 aliphatic heterocycles. The van der Waals surface area contributed by atoms with Crippen molar-refractivity contribution in [3.8, 4) is 0 Å². The molecule has 2 aromatic carbocycles. The molecule has 0 aromatic heterocycles. The van der Waals surface area contributed by atoms with Gasteiger partial charge in [0.15, 0.2) is 6.10 Å². The largest absolute Gasteiger partial charge is 0.390 e. The lowest BCUT2D eigenvalue weighted by molar-refractivity contribution is 0.0578. The zero-order chi connectivity index (χ0) is 21.0. The molecule has 0 saturated carbocycles. The summed E-state index contributed by atoms with van der Waals surface area (Å²) < 4.78 is 14.2. The number of benzene rings is 2. The topological polar surface area (TPSA) is 53.9 Å². The number of nitrogens with one attached hydrogen (secondary N) is 1. The zero-order valence-corrected chi connectivity index (χ0v) is 17.4. The number of oxime groups is 1. The fourth-order valence-electron chi connectivity index (χ4n) is 3.28. The summed E-state index contributed by atoms with van der Waals surface area (Å²) >= 11 is 0. The van der Waals surface area contributed by atoms with Gasteiger partial charge in [-0.3, -0.25) is 0 Å². The van der Waals surface area contributed by atoms with Crippen LogP contribution in [0.2, 0.25) is 0 Å². The number of amides is 2. The van der Waals surface area contributed by atoms with E-state index in [1.807, 2.05) is 52.0 Å². The summed E-state index contributed by atoms with van der Waals surface area (Å²) in [5, 5.41) is 7.20. The van der Waals surface area contributed by atoms with Crippen molar-refractivity contribution < 1.29 is 14.0 Å². The smallest absolute Gasteiger partial charge is 0.318 e. The third-order valence-electron chi connectivity index (χ3n) is 4.70. The first-order valence-corrected chi connectivity index (χ1v) is 9.82. The van der Waals surface area contributed by atoms with Crippen molar-refractivity contribution in [1.29, 1.82) is 0 Å². The molecule has 0 spiro atoms. The minimum Gasteiger partial charge on any atom is -0.390 e. The minimum absolute atomic E-state index is 0.161. The minimum atomic E-state index is -0.399. The average Bonchev–Trinajstić information content (AvgIpc) is 3.10. The highest BCUT2D eigenvalue weighted by atomic mass is 19.1. The van der Waals surface area contributed by atoms with Crippen molar-refractivity contribution in [2.75, 3.05) is 6.54 Å². The first-order chi connectivity index (χ1) is 13.7. The molecule has 5 nitrogen and oxygen atoms in total. The molecule has 1 aliphatic rings. The van der Waals surface area contributed by atoms with Crippen LogP contribution in [0.25, 0.3) is 0 Å².